The quantitative estimate of drug-likeness (QED) is 0.553. The molecule has 0 aromatic heterocycles. The van der Waals surface area contributed by atoms with Gasteiger partial charge in [0, 0.05) is 29.6 Å². The largest absolute Gasteiger partial charge is 0.494 e. The van der Waals surface area contributed by atoms with Crippen molar-refractivity contribution in [3.05, 3.63) is 27.8 Å². The van der Waals surface area contributed by atoms with Gasteiger partial charge in [-0.25, -0.2) is 0 Å². The van der Waals surface area contributed by atoms with E-state index in [-0.39, 0.29) is 24.4 Å². The van der Waals surface area contributed by atoms with Crippen LogP contribution in [0, 0.1) is 3.57 Å². The highest BCUT2D eigenvalue weighted by atomic mass is 127. The maximum absolute atomic E-state index is 11.8. The zero-order valence-corrected chi connectivity index (χ0v) is 14.8. The second-order valence-electron chi connectivity index (χ2n) is 4.50. The minimum absolute atomic E-state index is 0. The van der Waals surface area contributed by atoms with Gasteiger partial charge in [-0.3, -0.25) is 4.79 Å². The lowest BCUT2D eigenvalue weighted by molar-refractivity contribution is -0.131. The SMILES string of the molecule is CC(CN)N(C)C(=O)CCCOc1ccc(I)cc1.Cl. The molecule has 2 N–H and O–H groups in total. The lowest BCUT2D eigenvalue weighted by Crippen LogP contribution is -2.39. The van der Waals surface area contributed by atoms with Gasteiger partial charge in [-0.2, -0.15) is 0 Å². The average Bonchev–Trinajstić information content (AvgIpc) is 2.43. The van der Waals surface area contributed by atoms with E-state index in [1.807, 2.05) is 31.2 Å². The van der Waals surface area contributed by atoms with E-state index in [4.69, 9.17) is 10.5 Å². The van der Waals surface area contributed by atoms with E-state index in [0.717, 1.165) is 5.75 Å². The number of nitrogens with zero attached hydrogens (tertiary/aromatic N) is 1. The second-order valence-corrected chi connectivity index (χ2v) is 5.74. The fourth-order valence-electron chi connectivity index (χ4n) is 1.52. The number of carbonyl (C=O) groups excluding carboxylic acids is 1. The summed E-state index contributed by atoms with van der Waals surface area (Å²) < 4.78 is 6.76. The minimum atomic E-state index is 0. The molecule has 0 aliphatic heterocycles. The molecule has 114 valence electrons. The first-order chi connectivity index (χ1) is 9.04. The maximum Gasteiger partial charge on any atom is 0.222 e. The summed E-state index contributed by atoms with van der Waals surface area (Å²) in [5.41, 5.74) is 5.53. The minimum Gasteiger partial charge on any atom is -0.494 e. The summed E-state index contributed by atoms with van der Waals surface area (Å²) in [6.45, 7) is 2.98. The molecule has 0 spiro atoms. The summed E-state index contributed by atoms with van der Waals surface area (Å²) in [4.78, 5) is 13.5. The summed E-state index contributed by atoms with van der Waals surface area (Å²) >= 11 is 2.25. The molecule has 20 heavy (non-hydrogen) atoms. The van der Waals surface area contributed by atoms with Crippen LogP contribution in [-0.4, -0.2) is 37.0 Å². The first-order valence-electron chi connectivity index (χ1n) is 6.38. The molecule has 0 radical (unpaired) electrons. The van der Waals surface area contributed by atoms with Crippen LogP contribution in [0.25, 0.3) is 0 Å². The van der Waals surface area contributed by atoms with Crippen LogP contribution in [0.5, 0.6) is 5.75 Å². The van der Waals surface area contributed by atoms with Crippen molar-refractivity contribution in [2.24, 2.45) is 5.73 Å². The van der Waals surface area contributed by atoms with E-state index >= 15 is 0 Å². The fraction of sp³-hybridized carbons (Fsp3) is 0.500. The molecule has 0 saturated carbocycles. The Morgan fingerprint density at radius 2 is 2.00 bits per heavy atom. The topological polar surface area (TPSA) is 55.6 Å². The summed E-state index contributed by atoms with van der Waals surface area (Å²) in [5.74, 6) is 0.959. The number of amides is 1. The van der Waals surface area contributed by atoms with E-state index in [0.29, 0.717) is 26.0 Å². The Bertz CT molecular complexity index is 401. The lowest BCUT2D eigenvalue weighted by Gasteiger charge is -2.23. The predicted octanol–water partition coefficient (Wildman–Crippen LogP) is 2.68. The molecule has 1 rings (SSSR count). The number of hydrogen-bond acceptors (Lipinski definition) is 3. The predicted molar refractivity (Wildman–Crippen MR) is 92.4 cm³/mol. The van der Waals surface area contributed by atoms with E-state index < -0.39 is 0 Å². The molecule has 6 heteroatoms. The molecular weight excluding hydrogens is 391 g/mol. The number of hydrogen-bond donors (Lipinski definition) is 1. The van der Waals surface area contributed by atoms with E-state index in [1.165, 1.54) is 3.57 Å². The molecule has 0 heterocycles. The first kappa shape index (κ1) is 19.5. The van der Waals surface area contributed by atoms with Gasteiger partial charge in [-0.05, 0) is 60.2 Å². The standard InChI is InChI=1S/C14H21IN2O2.ClH/c1-11(10-16)17(2)14(18)4-3-9-19-13-7-5-12(15)6-8-13;/h5-8,11H,3-4,9-10,16H2,1-2H3;1H. The van der Waals surface area contributed by atoms with Gasteiger partial charge in [0.25, 0.3) is 0 Å². The summed E-state index contributed by atoms with van der Waals surface area (Å²) in [7, 11) is 1.79. The highest BCUT2D eigenvalue weighted by molar-refractivity contribution is 14.1. The maximum atomic E-state index is 11.8. The van der Waals surface area contributed by atoms with Gasteiger partial charge in [-0.15, -0.1) is 12.4 Å². The number of likely N-dealkylation sites (N-methyl/N-ethyl adjacent to an activating group) is 1. The van der Waals surface area contributed by atoms with Crippen molar-refractivity contribution >= 4 is 40.9 Å². The zero-order chi connectivity index (χ0) is 14.3. The Labute approximate surface area is 140 Å². The molecule has 1 aromatic carbocycles. The lowest BCUT2D eigenvalue weighted by atomic mass is 10.2. The molecule has 4 nitrogen and oxygen atoms in total. The number of ether oxygens (including phenoxy) is 1. The monoisotopic (exact) mass is 412 g/mol. The molecule has 1 atom stereocenters. The number of benzene rings is 1. The van der Waals surface area contributed by atoms with E-state index in [1.54, 1.807) is 11.9 Å². The van der Waals surface area contributed by atoms with Crippen LogP contribution >= 0.6 is 35.0 Å². The molecule has 1 amide bonds. The fourth-order valence-corrected chi connectivity index (χ4v) is 1.88. The van der Waals surface area contributed by atoms with Crippen LogP contribution in [0.15, 0.2) is 24.3 Å². The Balaban J connectivity index is 0.00000361. The Hall–Kier alpha value is -0.530. The van der Waals surface area contributed by atoms with Gasteiger partial charge in [0.15, 0.2) is 0 Å². The zero-order valence-electron chi connectivity index (χ0n) is 11.8. The summed E-state index contributed by atoms with van der Waals surface area (Å²) in [6, 6.07) is 7.96. The van der Waals surface area contributed by atoms with Gasteiger partial charge < -0.3 is 15.4 Å². The molecule has 0 aliphatic rings. The van der Waals surface area contributed by atoms with Crippen molar-refractivity contribution < 1.29 is 9.53 Å². The van der Waals surface area contributed by atoms with Crippen molar-refractivity contribution in [3.8, 4) is 5.75 Å². The van der Waals surface area contributed by atoms with Crippen LogP contribution in [0.4, 0.5) is 0 Å². The van der Waals surface area contributed by atoms with Gasteiger partial charge in [0.2, 0.25) is 5.91 Å². The first-order valence-corrected chi connectivity index (χ1v) is 7.46. The van der Waals surface area contributed by atoms with Crippen molar-refractivity contribution in [2.75, 3.05) is 20.2 Å². The number of nitrogens with two attached hydrogens (primary N) is 1. The molecule has 0 fully saturated rings. The second kappa shape index (κ2) is 10.2. The number of halogens is 2. The van der Waals surface area contributed by atoms with Crippen LogP contribution in [0.1, 0.15) is 19.8 Å². The molecule has 0 bridgehead atoms. The number of carbonyl (C=O) groups is 1. The van der Waals surface area contributed by atoms with Crippen LogP contribution < -0.4 is 10.5 Å². The number of rotatable bonds is 7. The normalized spacial score (nSPS) is 11.4. The third-order valence-corrected chi connectivity index (χ3v) is 3.73. The summed E-state index contributed by atoms with van der Waals surface area (Å²) in [5, 5.41) is 0. The highest BCUT2D eigenvalue weighted by Crippen LogP contribution is 2.13. The van der Waals surface area contributed by atoms with Crippen molar-refractivity contribution in [1.29, 1.82) is 0 Å². The molecule has 1 unspecified atom stereocenters. The van der Waals surface area contributed by atoms with Gasteiger partial charge >= 0.3 is 0 Å². The van der Waals surface area contributed by atoms with E-state index in [2.05, 4.69) is 22.6 Å². The molecular formula is C14H22ClIN2O2. The highest BCUT2D eigenvalue weighted by Gasteiger charge is 2.13. The Morgan fingerprint density at radius 1 is 1.40 bits per heavy atom. The van der Waals surface area contributed by atoms with Gasteiger partial charge in [0.05, 0.1) is 6.61 Å². The Morgan fingerprint density at radius 3 is 2.55 bits per heavy atom. The third kappa shape index (κ3) is 6.76. The third-order valence-electron chi connectivity index (χ3n) is 3.01. The van der Waals surface area contributed by atoms with Crippen LogP contribution in [-0.2, 0) is 4.79 Å². The molecule has 1 aromatic rings. The smallest absolute Gasteiger partial charge is 0.222 e. The Kier molecular flexibility index (Phi) is 9.96. The average molecular weight is 413 g/mol. The van der Waals surface area contributed by atoms with Gasteiger partial charge in [0.1, 0.15) is 5.75 Å². The molecule has 0 aliphatic carbocycles. The van der Waals surface area contributed by atoms with Crippen molar-refractivity contribution in [2.45, 2.75) is 25.8 Å². The molecule has 0 saturated heterocycles. The van der Waals surface area contributed by atoms with E-state index in [9.17, 15) is 4.79 Å². The van der Waals surface area contributed by atoms with Crippen LogP contribution in [0.3, 0.4) is 0 Å². The van der Waals surface area contributed by atoms with Crippen molar-refractivity contribution in [3.63, 3.8) is 0 Å². The van der Waals surface area contributed by atoms with Crippen molar-refractivity contribution in [1.82, 2.24) is 4.90 Å². The van der Waals surface area contributed by atoms with Crippen LogP contribution in [0.2, 0.25) is 0 Å². The van der Waals surface area contributed by atoms with Gasteiger partial charge in [-0.1, -0.05) is 0 Å². The summed E-state index contributed by atoms with van der Waals surface area (Å²) in [6.07, 6.45) is 1.21.